The first kappa shape index (κ1) is 16.4. The van der Waals surface area contributed by atoms with E-state index in [4.69, 9.17) is 0 Å². The Bertz CT molecular complexity index is 812. The second-order valence-electron chi connectivity index (χ2n) is 5.50. The smallest absolute Gasteiger partial charge is 0.255 e. The monoisotopic (exact) mass is 339 g/mol. The highest BCUT2D eigenvalue weighted by Gasteiger charge is 2.20. The minimum atomic E-state index is -0.513. The van der Waals surface area contributed by atoms with Gasteiger partial charge in [-0.2, -0.15) is 0 Å². The maximum Gasteiger partial charge on any atom is 0.255 e. The van der Waals surface area contributed by atoms with Crippen LogP contribution in [-0.2, 0) is 6.42 Å². The van der Waals surface area contributed by atoms with Crippen LogP contribution < -0.4 is 5.32 Å². The van der Waals surface area contributed by atoms with Gasteiger partial charge in [-0.25, -0.2) is 4.39 Å². The average Bonchev–Trinajstić information content (AvgIpc) is 3.14. The van der Waals surface area contributed by atoms with E-state index in [1.807, 2.05) is 29.6 Å². The van der Waals surface area contributed by atoms with Crippen LogP contribution in [0, 0.1) is 5.82 Å². The maximum absolute atomic E-state index is 13.9. The Kier molecular flexibility index (Phi) is 5.06. The Labute approximate surface area is 145 Å². The number of rotatable bonds is 5. The lowest BCUT2D eigenvalue weighted by Gasteiger charge is -2.19. The van der Waals surface area contributed by atoms with Gasteiger partial charge < -0.3 is 5.32 Å². The maximum atomic E-state index is 13.9. The summed E-state index contributed by atoms with van der Waals surface area (Å²) < 4.78 is 13.9. The van der Waals surface area contributed by atoms with Crippen molar-refractivity contribution in [1.82, 2.24) is 5.32 Å². The quantitative estimate of drug-likeness (QED) is 0.699. The van der Waals surface area contributed by atoms with Gasteiger partial charge in [0, 0.05) is 4.88 Å². The van der Waals surface area contributed by atoms with Gasteiger partial charge in [0.2, 0.25) is 0 Å². The van der Waals surface area contributed by atoms with Crippen molar-refractivity contribution in [1.29, 1.82) is 0 Å². The Morgan fingerprint density at radius 3 is 2.46 bits per heavy atom. The summed E-state index contributed by atoms with van der Waals surface area (Å²) >= 11 is 1.57. The Morgan fingerprint density at radius 2 is 1.83 bits per heavy atom. The number of carbonyl (C=O) groups excluding carboxylic acids is 1. The number of hydrogen-bond acceptors (Lipinski definition) is 2. The minimum Gasteiger partial charge on any atom is -0.340 e. The van der Waals surface area contributed by atoms with E-state index in [1.165, 1.54) is 17.7 Å². The first-order chi connectivity index (χ1) is 11.7. The number of aryl methyl sites for hydroxylation is 1. The molecule has 1 N–H and O–H groups in total. The van der Waals surface area contributed by atoms with Gasteiger partial charge in [0.05, 0.1) is 11.6 Å². The number of thiophene rings is 1. The lowest BCUT2D eigenvalue weighted by molar-refractivity contribution is 0.0939. The lowest BCUT2D eigenvalue weighted by atomic mass is 10.0. The predicted octanol–water partition coefficient (Wildman–Crippen LogP) is 4.97. The third kappa shape index (κ3) is 3.54. The molecule has 0 saturated heterocycles. The molecule has 0 radical (unpaired) electrons. The molecule has 3 rings (SSSR count). The molecule has 1 aromatic heterocycles. The van der Waals surface area contributed by atoms with Crippen LogP contribution in [-0.4, -0.2) is 5.91 Å². The zero-order valence-electron chi connectivity index (χ0n) is 13.3. The van der Waals surface area contributed by atoms with Crippen molar-refractivity contribution in [2.24, 2.45) is 0 Å². The van der Waals surface area contributed by atoms with Crippen molar-refractivity contribution in [2.75, 3.05) is 0 Å². The van der Waals surface area contributed by atoms with Gasteiger partial charge >= 0.3 is 0 Å². The van der Waals surface area contributed by atoms with Crippen LogP contribution >= 0.6 is 11.3 Å². The lowest BCUT2D eigenvalue weighted by Crippen LogP contribution is -2.29. The molecular formula is C20H18FNOS. The van der Waals surface area contributed by atoms with Crippen molar-refractivity contribution in [3.05, 3.63) is 93.4 Å². The molecule has 0 aliphatic heterocycles. The molecule has 0 aliphatic rings. The molecule has 0 unspecified atom stereocenters. The standard InChI is InChI=1S/C20H18FNOS/c1-2-14-9-11-15(12-10-14)19(18-8-5-13-24-18)22-20(23)16-6-3-4-7-17(16)21/h3-13,19H,2H2,1H3,(H,22,23)/t19-/m0/s1. The van der Waals surface area contributed by atoms with Gasteiger partial charge in [0.1, 0.15) is 5.82 Å². The Hall–Kier alpha value is -2.46. The SMILES string of the molecule is CCc1ccc([C@H](NC(=O)c2ccccc2F)c2cccs2)cc1. The summed E-state index contributed by atoms with van der Waals surface area (Å²) in [6, 6.07) is 17.8. The molecular weight excluding hydrogens is 321 g/mol. The Morgan fingerprint density at radius 1 is 1.08 bits per heavy atom. The summed E-state index contributed by atoms with van der Waals surface area (Å²) in [5.74, 6) is -0.924. The third-order valence-electron chi connectivity index (χ3n) is 3.94. The molecule has 0 aliphatic carbocycles. The fraction of sp³-hybridized carbons (Fsp3) is 0.150. The summed E-state index contributed by atoms with van der Waals surface area (Å²) in [5.41, 5.74) is 2.28. The van der Waals surface area contributed by atoms with E-state index in [2.05, 4.69) is 24.4 Å². The first-order valence-corrected chi connectivity index (χ1v) is 8.74. The summed E-state index contributed by atoms with van der Waals surface area (Å²) in [6.07, 6.45) is 0.964. The number of hydrogen-bond donors (Lipinski definition) is 1. The topological polar surface area (TPSA) is 29.1 Å². The van der Waals surface area contributed by atoms with E-state index in [9.17, 15) is 9.18 Å². The van der Waals surface area contributed by atoms with Crippen LogP contribution in [0.4, 0.5) is 4.39 Å². The molecule has 1 heterocycles. The normalized spacial score (nSPS) is 11.9. The first-order valence-electron chi connectivity index (χ1n) is 7.86. The van der Waals surface area contributed by atoms with Crippen LogP contribution in [0.15, 0.2) is 66.0 Å². The molecule has 2 nitrogen and oxygen atoms in total. The molecule has 2 aromatic carbocycles. The van der Waals surface area contributed by atoms with Gasteiger partial charge in [-0.05, 0) is 41.1 Å². The minimum absolute atomic E-state index is 0.0595. The van der Waals surface area contributed by atoms with Crippen LogP contribution in [0.5, 0.6) is 0 Å². The molecule has 0 bridgehead atoms. The zero-order chi connectivity index (χ0) is 16.9. The van der Waals surface area contributed by atoms with Crippen LogP contribution in [0.3, 0.4) is 0 Å². The average molecular weight is 339 g/mol. The van der Waals surface area contributed by atoms with Gasteiger partial charge in [0.15, 0.2) is 0 Å². The van der Waals surface area contributed by atoms with Crippen molar-refractivity contribution < 1.29 is 9.18 Å². The number of nitrogens with one attached hydrogen (secondary N) is 1. The van der Waals surface area contributed by atoms with Crippen molar-refractivity contribution in [3.63, 3.8) is 0 Å². The van der Waals surface area contributed by atoms with Crippen molar-refractivity contribution in [3.8, 4) is 0 Å². The number of benzene rings is 2. The number of halogens is 1. The Balaban J connectivity index is 1.91. The van der Waals surface area contributed by atoms with Gasteiger partial charge in [0.25, 0.3) is 5.91 Å². The zero-order valence-corrected chi connectivity index (χ0v) is 14.1. The van der Waals surface area contributed by atoms with E-state index in [0.29, 0.717) is 0 Å². The van der Waals surface area contributed by atoms with E-state index in [1.54, 1.807) is 23.5 Å². The second kappa shape index (κ2) is 7.41. The summed E-state index contributed by atoms with van der Waals surface area (Å²) in [5, 5.41) is 4.93. The number of carbonyl (C=O) groups is 1. The van der Waals surface area contributed by atoms with E-state index < -0.39 is 11.7 Å². The highest BCUT2D eigenvalue weighted by molar-refractivity contribution is 7.10. The van der Waals surface area contributed by atoms with Gasteiger partial charge in [-0.3, -0.25) is 4.79 Å². The highest BCUT2D eigenvalue weighted by Crippen LogP contribution is 2.27. The van der Waals surface area contributed by atoms with Gasteiger partial charge in [-0.15, -0.1) is 11.3 Å². The van der Waals surface area contributed by atoms with Crippen LogP contribution in [0.2, 0.25) is 0 Å². The molecule has 0 fully saturated rings. The molecule has 1 amide bonds. The summed E-state index contributed by atoms with van der Waals surface area (Å²) in [4.78, 5) is 13.5. The molecule has 0 spiro atoms. The van der Waals surface area contributed by atoms with Gasteiger partial charge in [-0.1, -0.05) is 49.4 Å². The highest BCUT2D eigenvalue weighted by atomic mass is 32.1. The van der Waals surface area contributed by atoms with Crippen molar-refractivity contribution >= 4 is 17.2 Å². The fourth-order valence-electron chi connectivity index (χ4n) is 2.57. The summed E-state index contributed by atoms with van der Waals surface area (Å²) in [7, 11) is 0. The third-order valence-corrected chi connectivity index (χ3v) is 4.88. The van der Waals surface area contributed by atoms with Crippen LogP contribution in [0.25, 0.3) is 0 Å². The fourth-order valence-corrected chi connectivity index (χ4v) is 3.38. The molecule has 24 heavy (non-hydrogen) atoms. The molecule has 4 heteroatoms. The largest absolute Gasteiger partial charge is 0.340 e. The molecule has 3 aromatic rings. The van der Waals surface area contributed by atoms with E-state index in [0.717, 1.165) is 16.9 Å². The van der Waals surface area contributed by atoms with Crippen molar-refractivity contribution in [2.45, 2.75) is 19.4 Å². The molecule has 122 valence electrons. The predicted molar refractivity (Wildman–Crippen MR) is 95.8 cm³/mol. The second-order valence-corrected chi connectivity index (χ2v) is 6.48. The summed E-state index contributed by atoms with van der Waals surface area (Å²) in [6.45, 7) is 2.10. The van der Waals surface area contributed by atoms with Crippen LogP contribution in [0.1, 0.15) is 39.3 Å². The molecule has 1 atom stereocenters. The van der Waals surface area contributed by atoms with E-state index in [-0.39, 0.29) is 11.6 Å². The van der Waals surface area contributed by atoms with E-state index >= 15 is 0 Å². The number of amides is 1. The molecule has 0 saturated carbocycles.